The molecule has 0 radical (unpaired) electrons. The van der Waals surface area contributed by atoms with Crippen LogP contribution in [-0.2, 0) is 16.1 Å². The van der Waals surface area contributed by atoms with E-state index in [1.807, 2.05) is 18.2 Å². The first kappa shape index (κ1) is 14.3. The van der Waals surface area contributed by atoms with Gasteiger partial charge in [0.1, 0.15) is 12.1 Å². The number of hydrogen-bond acceptors (Lipinski definition) is 4. The molecule has 6 nitrogen and oxygen atoms in total. The van der Waals surface area contributed by atoms with E-state index in [2.05, 4.69) is 5.32 Å². The van der Waals surface area contributed by atoms with Gasteiger partial charge in [-0.15, -0.1) is 0 Å². The summed E-state index contributed by atoms with van der Waals surface area (Å²) in [5.41, 5.74) is -1.69. The number of ether oxygens (including phenoxy) is 1. The van der Waals surface area contributed by atoms with Crippen LogP contribution in [0, 0.1) is 0 Å². The van der Waals surface area contributed by atoms with Crippen LogP contribution in [0.1, 0.15) is 25.3 Å². The lowest BCUT2D eigenvalue weighted by molar-refractivity contribution is -0.164. The van der Waals surface area contributed by atoms with Gasteiger partial charge in [-0.25, -0.2) is 9.59 Å². The van der Waals surface area contributed by atoms with Crippen molar-refractivity contribution in [1.82, 2.24) is 5.32 Å². The zero-order valence-electron chi connectivity index (χ0n) is 11.1. The smallest absolute Gasteiger partial charge is 0.408 e. The zero-order valence-corrected chi connectivity index (χ0v) is 11.1. The molecule has 0 heterocycles. The van der Waals surface area contributed by atoms with E-state index in [1.165, 1.54) is 6.92 Å². The largest absolute Gasteiger partial charge is 0.479 e. The van der Waals surface area contributed by atoms with Crippen LogP contribution in [0.5, 0.6) is 0 Å². The summed E-state index contributed by atoms with van der Waals surface area (Å²) in [5.74, 6) is -1.17. The van der Waals surface area contributed by atoms with E-state index in [1.54, 1.807) is 12.1 Å². The summed E-state index contributed by atoms with van der Waals surface area (Å²) in [6.45, 7) is 1.60. The summed E-state index contributed by atoms with van der Waals surface area (Å²) in [4.78, 5) is 22.9. The monoisotopic (exact) mass is 279 g/mol. The van der Waals surface area contributed by atoms with Crippen molar-refractivity contribution in [3.63, 3.8) is 0 Å². The fourth-order valence-electron chi connectivity index (χ4n) is 2.50. The number of carbonyl (C=O) groups is 2. The maximum absolute atomic E-state index is 11.7. The quantitative estimate of drug-likeness (QED) is 0.771. The van der Waals surface area contributed by atoms with Gasteiger partial charge in [0.15, 0.2) is 0 Å². The van der Waals surface area contributed by atoms with Crippen LogP contribution in [0.25, 0.3) is 0 Å². The molecule has 6 heteroatoms. The molecule has 0 atom stereocenters. The number of alkyl carbamates (subject to hydrolysis) is 1. The Morgan fingerprint density at radius 2 is 1.90 bits per heavy atom. The number of carbonyl (C=O) groups excluding carboxylic acids is 1. The molecule has 0 aliphatic heterocycles. The molecule has 1 aromatic carbocycles. The van der Waals surface area contributed by atoms with Crippen molar-refractivity contribution in [1.29, 1.82) is 0 Å². The van der Waals surface area contributed by atoms with E-state index in [0.29, 0.717) is 0 Å². The molecule has 0 spiro atoms. The molecule has 1 aliphatic rings. The predicted molar refractivity (Wildman–Crippen MR) is 70.0 cm³/mol. The highest BCUT2D eigenvalue weighted by Crippen LogP contribution is 2.41. The van der Waals surface area contributed by atoms with E-state index in [4.69, 9.17) is 9.84 Å². The Labute approximate surface area is 116 Å². The van der Waals surface area contributed by atoms with Gasteiger partial charge in [0.25, 0.3) is 0 Å². The molecule has 1 aliphatic carbocycles. The second-order valence-electron chi connectivity index (χ2n) is 5.42. The molecule has 3 N–H and O–H groups in total. The Morgan fingerprint density at radius 1 is 1.30 bits per heavy atom. The summed E-state index contributed by atoms with van der Waals surface area (Å²) in [6.07, 6.45) is -0.863. The van der Waals surface area contributed by atoms with Gasteiger partial charge in [-0.2, -0.15) is 0 Å². The number of carboxylic acid groups (broad SMARTS) is 1. The normalized spacial score (nSPS) is 28.3. The van der Waals surface area contributed by atoms with Crippen LogP contribution >= 0.6 is 0 Å². The lowest BCUT2D eigenvalue weighted by atomic mass is 9.66. The first-order valence-corrected chi connectivity index (χ1v) is 6.28. The van der Waals surface area contributed by atoms with Crippen LogP contribution in [0.3, 0.4) is 0 Å². The summed E-state index contributed by atoms with van der Waals surface area (Å²) in [7, 11) is 0. The van der Waals surface area contributed by atoms with E-state index in [-0.39, 0.29) is 19.4 Å². The maximum Gasteiger partial charge on any atom is 0.408 e. The van der Waals surface area contributed by atoms with Crippen molar-refractivity contribution in [3.05, 3.63) is 35.9 Å². The van der Waals surface area contributed by atoms with E-state index < -0.39 is 23.2 Å². The third kappa shape index (κ3) is 3.08. The molecule has 0 aromatic heterocycles. The number of amides is 1. The highest BCUT2D eigenvalue weighted by molar-refractivity contribution is 5.86. The average Bonchev–Trinajstić information content (AvgIpc) is 2.35. The molecule has 20 heavy (non-hydrogen) atoms. The molecule has 0 saturated heterocycles. The van der Waals surface area contributed by atoms with Crippen molar-refractivity contribution < 1.29 is 24.5 Å². The van der Waals surface area contributed by atoms with Gasteiger partial charge in [-0.1, -0.05) is 30.3 Å². The number of carboxylic acids is 1. The number of nitrogens with one attached hydrogen (secondary N) is 1. The number of benzene rings is 1. The van der Waals surface area contributed by atoms with Crippen LogP contribution < -0.4 is 5.32 Å². The minimum Gasteiger partial charge on any atom is -0.479 e. The molecule has 1 aromatic rings. The SMILES string of the molecule is CC1(O)CC(NC(=O)OCc2ccccc2)(C(=O)O)C1. The Balaban J connectivity index is 1.89. The molecular formula is C14H17NO5. The molecule has 1 fully saturated rings. The molecule has 2 rings (SSSR count). The average molecular weight is 279 g/mol. The number of aliphatic hydroxyl groups is 1. The fraction of sp³-hybridized carbons (Fsp3) is 0.429. The van der Waals surface area contributed by atoms with E-state index >= 15 is 0 Å². The Bertz CT molecular complexity index is 504. The fourth-order valence-corrected chi connectivity index (χ4v) is 2.50. The van der Waals surface area contributed by atoms with Crippen LogP contribution in [0.4, 0.5) is 4.79 Å². The molecule has 108 valence electrons. The lowest BCUT2D eigenvalue weighted by Crippen LogP contribution is -2.68. The summed E-state index contributed by atoms with van der Waals surface area (Å²) in [5, 5.41) is 21.2. The minimum atomic E-state index is -1.43. The second kappa shape index (κ2) is 5.13. The highest BCUT2D eigenvalue weighted by Gasteiger charge is 2.57. The van der Waals surface area contributed by atoms with Gasteiger partial charge in [0, 0.05) is 12.8 Å². The highest BCUT2D eigenvalue weighted by atomic mass is 16.5. The topological polar surface area (TPSA) is 95.9 Å². The third-order valence-electron chi connectivity index (χ3n) is 3.33. The van der Waals surface area contributed by atoms with E-state index in [0.717, 1.165) is 5.56 Å². The summed E-state index contributed by atoms with van der Waals surface area (Å²) in [6, 6.07) is 9.08. The molecule has 0 bridgehead atoms. The van der Waals surface area contributed by atoms with Crippen LogP contribution in [0.15, 0.2) is 30.3 Å². The Hall–Kier alpha value is -2.08. The standard InChI is InChI=1S/C14H17NO5/c1-13(19)8-14(9-13,11(16)17)15-12(18)20-7-10-5-3-2-4-6-10/h2-6,19H,7-9H2,1H3,(H,15,18)(H,16,17). The molecule has 0 unspecified atom stereocenters. The number of aliphatic carboxylic acids is 1. The van der Waals surface area contributed by atoms with Crippen LogP contribution in [0.2, 0.25) is 0 Å². The minimum absolute atomic E-state index is 0.0320. The third-order valence-corrected chi connectivity index (χ3v) is 3.33. The molecular weight excluding hydrogens is 262 g/mol. The van der Waals surface area contributed by atoms with Gasteiger partial charge < -0.3 is 20.3 Å². The van der Waals surface area contributed by atoms with Crippen LogP contribution in [-0.4, -0.2) is 33.4 Å². The summed E-state index contributed by atoms with van der Waals surface area (Å²) < 4.78 is 4.98. The predicted octanol–water partition coefficient (Wildman–Crippen LogP) is 1.28. The lowest BCUT2D eigenvalue weighted by Gasteiger charge is -2.48. The van der Waals surface area contributed by atoms with Crippen molar-refractivity contribution >= 4 is 12.1 Å². The zero-order chi connectivity index (χ0) is 14.8. The summed E-state index contributed by atoms with van der Waals surface area (Å²) >= 11 is 0. The number of rotatable bonds is 4. The second-order valence-corrected chi connectivity index (χ2v) is 5.42. The van der Waals surface area contributed by atoms with Gasteiger partial charge in [0.05, 0.1) is 5.60 Å². The van der Waals surface area contributed by atoms with Crippen molar-refractivity contribution in [2.24, 2.45) is 0 Å². The van der Waals surface area contributed by atoms with Gasteiger partial charge >= 0.3 is 12.1 Å². The van der Waals surface area contributed by atoms with E-state index in [9.17, 15) is 14.7 Å². The van der Waals surface area contributed by atoms with Crippen molar-refractivity contribution in [2.75, 3.05) is 0 Å². The Kier molecular flexibility index (Phi) is 3.67. The molecule has 1 saturated carbocycles. The maximum atomic E-state index is 11.7. The first-order valence-electron chi connectivity index (χ1n) is 6.28. The Morgan fingerprint density at radius 3 is 2.40 bits per heavy atom. The van der Waals surface area contributed by atoms with Crippen molar-refractivity contribution in [2.45, 2.75) is 37.5 Å². The molecule has 1 amide bonds. The van der Waals surface area contributed by atoms with Gasteiger partial charge in [0.2, 0.25) is 0 Å². The van der Waals surface area contributed by atoms with Gasteiger partial charge in [-0.05, 0) is 12.5 Å². The van der Waals surface area contributed by atoms with Crippen molar-refractivity contribution in [3.8, 4) is 0 Å². The number of hydrogen-bond donors (Lipinski definition) is 3. The first-order chi connectivity index (χ1) is 9.33. The van der Waals surface area contributed by atoms with Gasteiger partial charge in [-0.3, -0.25) is 0 Å².